The van der Waals surface area contributed by atoms with Crippen LogP contribution >= 0.6 is 0 Å². The molecular weight excluding hydrogens is 216 g/mol. The minimum Gasteiger partial charge on any atom is -0.385 e. The van der Waals surface area contributed by atoms with Crippen molar-refractivity contribution in [1.82, 2.24) is 5.32 Å². The van der Waals surface area contributed by atoms with Gasteiger partial charge in [0.2, 0.25) is 0 Å². The minimum absolute atomic E-state index is 0.280. The summed E-state index contributed by atoms with van der Waals surface area (Å²) < 4.78 is 10.9. The molecule has 3 N–H and O–H groups in total. The van der Waals surface area contributed by atoms with Crippen LogP contribution in [0.25, 0.3) is 0 Å². The molecule has 0 radical (unpaired) electrons. The van der Waals surface area contributed by atoms with Gasteiger partial charge in [-0.2, -0.15) is 0 Å². The Morgan fingerprint density at radius 2 is 2.06 bits per heavy atom. The molecule has 2 unspecified atom stereocenters. The van der Waals surface area contributed by atoms with E-state index in [2.05, 4.69) is 19.2 Å². The van der Waals surface area contributed by atoms with Crippen LogP contribution in [0.3, 0.4) is 0 Å². The first-order valence-corrected chi connectivity index (χ1v) is 6.62. The Bertz CT molecular complexity index is 210. The van der Waals surface area contributed by atoms with E-state index in [1.165, 1.54) is 0 Å². The first-order chi connectivity index (χ1) is 8.07. The molecule has 4 heteroatoms. The molecule has 0 aromatic heterocycles. The number of ether oxygens (including phenoxy) is 2. The van der Waals surface area contributed by atoms with E-state index in [1.807, 2.05) is 0 Å². The van der Waals surface area contributed by atoms with Gasteiger partial charge in [-0.25, -0.2) is 0 Å². The Labute approximate surface area is 105 Å². The molecule has 1 heterocycles. The molecule has 0 spiro atoms. The smallest absolute Gasteiger partial charge is 0.0704 e. The third-order valence-electron chi connectivity index (χ3n) is 3.42. The zero-order chi connectivity index (χ0) is 12.7. The van der Waals surface area contributed by atoms with Gasteiger partial charge in [0, 0.05) is 33.4 Å². The Morgan fingerprint density at radius 1 is 1.35 bits per heavy atom. The number of rotatable bonds is 8. The third-order valence-corrected chi connectivity index (χ3v) is 3.42. The normalized spacial score (nSPS) is 25.4. The van der Waals surface area contributed by atoms with Crippen LogP contribution in [0, 0.1) is 5.41 Å². The maximum Gasteiger partial charge on any atom is 0.0704 e. The predicted molar refractivity (Wildman–Crippen MR) is 70.1 cm³/mol. The highest BCUT2D eigenvalue weighted by Gasteiger charge is 2.24. The molecule has 17 heavy (non-hydrogen) atoms. The molecule has 0 bridgehead atoms. The number of hydrogen-bond acceptors (Lipinski definition) is 4. The van der Waals surface area contributed by atoms with Crippen molar-refractivity contribution in [3.05, 3.63) is 0 Å². The van der Waals surface area contributed by atoms with Crippen molar-refractivity contribution in [3.63, 3.8) is 0 Å². The second-order valence-electron chi connectivity index (χ2n) is 5.73. The van der Waals surface area contributed by atoms with Gasteiger partial charge < -0.3 is 20.5 Å². The number of nitrogens with two attached hydrogens (primary N) is 1. The van der Waals surface area contributed by atoms with E-state index in [-0.39, 0.29) is 11.5 Å². The summed E-state index contributed by atoms with van der Waals surface area (Å²) in [5.74, 6) is 0. The summed E-state index contributed by atoms with van der Waals surface area (Å²) in [6, 6.07) is 0. The largest absolute Gasteiger partial charge is 0.385 e. The van der Waals surface area contributed by atoms with Crippen LogP contribution in [0.1, 0.15) is 33.1 Å². The van der Waals surface area contributed by atoms with Gasteiger partial charge in [-0.05, 0) is 24.7 Å². The average molecular weight is 244 g/mol. The van der Waals surface area contributed by atoms with Gasteiger partial charge in [-0.15, -0.1) is 0 Å². The van der Waals surface area contributed by atoms with E-state index >= 15 is 0 Å². The van der Waals surface area contributed by atoms with Gasteiger partial charge in [-0.3, -0.25) is 0 Å². The van der Waals surface area contributed by atoms with Crippen molar-refractivity contribution < 1.29 is 9.47 Å². The molecule has 0 saturated carbocycles. The van der Waals surface area contributed by atoms with Crippen LogP contribution < -0.4 is 11.1 Å². The highest BCUT2D eigenvalue weighted by atomic mass is 16.5. The van der Waals surface area contributed by atoms with E-state index in [0.29, 0.717) is 12.6 Å². The summed E-state index contributed by atoms with van der Waals surface area (Å²) in [5, 5.41) is 3.50. The summed E-state index contributed by atoms with van der Waals surface area (Å²) in [5.41, 5.74) is 5.87. The van der Waals surface area contributed by atoms with E-state index in [9.17, 15) is 0 Å². The van der Waals surface area contributed by atoms with Crippen LogP contribution in [0.5, 0.6) is 0 Å². The topological polar surface area (TPSA) is 56.5 Å². The van der Waals surface area contributed by atoms with E-state index in [0.717, 1.165) is 39.0 Å². The fourth-order valence-corrected chi connectivity index (χ4v) is 2.14. The summed E-state index contributed by atoms with van der Waals surface area (Å²) in [4.78, 5) is 0. The highest BCUT2D eigenvalue weighted by Crippen LogP contribution is 2.20. The van der Waals surface area contributed by atoms with Crippen molar-refractivity contribution in [2.24, 2.45) is 11.1 Å². The molecule has 1 rings (SSSR count). The van der Waals surface area contributed by atoms with Crippen LogP contribution in [0.4, 0.5) is 0 Å². The van der Waals surface area contributed by atoms with Gasteiger partial charge in [0.15, 0.2) is 0 Å². The van der Waals surface area contributed by atoms with E-state index in [4.69, 9.17) is 15.2 Å². The second kappa shape index (κ2) is 7.31. The standard InChI is InChI=1S/C13H28N2O2/c1-13(2,6-7-16-3)10-15-9-12-5-4-11(8-14)17-12/h11-12,15H,4-10,14H2,1-3H3. The monoisotopic (exact) mass is 244 g/mol. The van der Waals surface area contributed by atoms with Gasteiger partial charge in [0.1, 0.15) is 0 Å². The molecule has 4 nitrogen and oxygen atoms in total. The molecule has 1 aliphatic heterocycles. The summed E-state index contributed by atoms with van der Waals surface area (Å²) in [6.45, 7) is 7.94. The van der Waals surface area contributed by atoms with Crippen molar-refractivity contribution in [2.75, 3.05) is 33.4 Å². The number of nitrogens with one attached hydrogen (secondary N) is 1. The van der Waals surface area contributed by atoms with E-state index in [1.54, 1.807) is 7.11 Å². The van der Waals surface area contributed by atoms with Crippen LogP contribution in [-0.4, -0.2) is 45.6 Å². The van der Waals surface area contributed by atoms with Crippen LogP contribution in [0.2, 0.25) is 0 Å². The van der Waals surface area contributed by atoms with Crippen molar-refractivity contribution in [2.45, 2.75) is 45.3 Å². The average Bonchev–Trinajstić information content (AvgIpc) is 2.74. The second-order valence-corrected chi connectivity index (χ2v) is 5.73. The fraction of sp³-hybridized carbons (Fsp3) is 1.00. The predicted octanol–water partition coefficient (Wildman–Crippen LogP) is 1.15. The lowest BCUT2D eigenvalue weighted by Crippen LogP contribution is -2.35. The van der Waals surface area contributed by atoms with Crippen molar-refractivity contribution in [1.29, 1.82) is 0 Å². The summed E-state index contributed by atoms with van der Waals surface area (Å²) >= 11 is 0. The van der Waals surface area contributed by atoms with Gasteiger partial charge >= 0.3 is 0 Å². The molecule has 1 fully saturated rings. The molecule has 2 atom stereocenters. The quantitative estimate of drug-likeness (QED) is 0.672. The molecule has 0 aromatic carbocycles. The maximum absolute atomic E-state index is 5.79. The first kappa shape index (κ1) is 14.9. The van der Waals surface area contributed by atoms with Crippen molar-refractivity contribution in [3.8, 4) is 0 Å². The molecule has 0 aromatic rings. The lowest BCUT2D eigenvalue weighted by Gasteiger charge is -2.25. The van der Waals surface area contributed by atoms with Gasteiger partial charge in [0.05, 0.1) is 12.2 Å². The Balaban J connectivity index is 2.11. The Morgan fingerprint density at radius 3 is 2.65 bits per heavy atom. The fourth-order valence-electron chi connectivity index (χ4n) is 2.14. The summed E-state index contributed by atoms with van der Waals surface area (Å²) in [6.07, 6.45) is 3.95. The highest BCUT2D eigenvalue weighted by molar-refractivity contribution is 4.78. The minimum atomic E-state index is 0.280. The van der Waals surface area contributed by atoms with Crippen molar-refractivity contribution >= 4 is 0 Å². The molecule has 0 amide bonds. The lowest BCUT2D eigenvalue weighted by atomic mass is 9.89. The Kier molecular flexibility index (Phi) is 6.41. The number of methoxy groups -OCH3 is 1. The molecule has 1 saturated heterocycles. The molecular formula is C13H28N2O2. The van der Waals surface area contributed by atoms with Crippen LogP contribution in [-0.2, 0) is 9.47 Å². The maximum atomic E-state index is 5.79. The lowest BCUT2D eigenvalue weighted by molar-refractivity contribution is 0.0485. The van der Waals surface area contributed by atoms with Gasteiger partial charge in [-0.1, -0.05) is 13.8 Å². The molecule has 0 aliphatic carbocycles. The van der Waals surface area contributed by atoms with Gasteiger partial charge in [0.25, 0.3) is 0 Å². The third kappa shape index (κ3) is 5.82. The first-order valence-electron chi connectivity index (χ1n) is 6.62. The SMILES string of the molecule is COCCC(C)(C)CNCC1CCC(CN)O1. The molecule has 1 aliphatic rings. The zero-order valence-electron chi connectivity index (χ0n) is 11.5. The van der Waals surface area contributed by atoms with Crippen LogP contribution in [0.15, 0.2) is 0 Å². The van der Waals surface area contributed by atoms with E-state index < -0.39 is 0 Å². The molecule has 102 valence electrons. The zero-order valence-corrected chi connectivity index (χ0v) is 11.5. The number of hydrogen-bond donors (Lipinski definition) is 2. The Hall–Kier alpha value is -0.160. The summed E-state index contributed by atoms with van der Waals surface area (Å²) in [7, 11) is 1.75.